The molecule has 0 saturated heterocycles. The molecule has 1 aliphatic rings. The van der Waals surface area contributed by atoms with Crippen molar-refractivity contribution in [3.8, 4) is 22.9 Å². The summed E-state index contributed by atoms with van der Waals surface area (Å²) in [4.78, 5) is 10.8. The van der Waals surface area contributed by atoms with Crippen molar-refractivity contribution >= 4 is 45.3 Å². The Hall–Kier alpha value is -1.63. The van der Waals surface area contributed by atoms with Gasteiger partial charge in [-0.1, -0.05) is 29.5 Å². The maximum atomic E-state index is 13.5. The second-order valence-electron chi connectivity index (χ2n) is 6.47. The molecule has 0 amide bonds. The fourth-order valence-electron chi connectivity index (χ4n) is 2.63. The first kappa shape index (κ1) is 21.1. The number of terminal acetylenes is 1. The molecular formula is C19H18F3N3S3. The van der Waals surface area contributed by atoms with E-state index in [1.165, 1.54) is 29.2 Å². The predicted octanol–water partition coefficient (Wildman–Crippen LogP) is 5.20. The van der Waals surface area contributed by atoms with E-state index < -0.39 is 17.7 Å². The van der Waals surface area contributed by atoms with Crippen molar-refractivity contribution in [2.45, 2.75) is 25.7 Å². The Kier molecular flexibility index (Phi) is 6.63. The normalized spacial score (nSPS) is 17.2. The SMILES string of the molecule is C#CCN(C(=S)CCSCC1CC1(F)F)c1sc(-c2cncc(F)c2)nc1C. The molecule has 148 valence electrons. The Balaban J connectivity index is 1.66. The number of nitrogens with zero attached hydrogens (tertiary/aromatic N) is 3. The first-order valence-corrected chi connectivity index (χ1v) is 11.0. The molecule has 2 aromatic rings. The number of rotatable bonds is 8. The van der Waals surface area contributed by atoms with Gasteiger partial charge in [0.15, 0.2) is 0 Å². The summed E-state index contributed by atoms with van der Waals surface area (Å²) in [6.07, 6.45) is 8.76. The van der Waals surface area contributed by atoms with Crippen LogP contribution in [0.1, 0.15) is 18.5 Å². The van der Waals surface area contributed by atoms with Gasteiger partial charge in [-0.2, -0.15) is 11.8 Å². The number of thiocarbonyl (C=S) groups is 1. The number of anilines is 1. The van der Waals surface area contributed by atoms with Gasteiger partial charge in [0.25, 0.3) is 5.92 Å². The molecule has 2 aromatic heterocycles. The minimum atomic E-state index is -2.48. The van der Waals surface area contributed by atoms with Crippen molar-refractivity contribution < 1.29 is 13.2 Å². The minimum Gasteiger partial charge on any atom is -0.314 e. The molecule has 3 rings (SSSR count). The van der Waals surface area contributed by atoms with Crippen LogP contribution in [-0.4, -0.2) is 38.9 Å². The molecular weight excluding hydrogens is 423 g/mol. The summed E-state index contributed by atoms with van der Waals surface area (Å²) in [5.74, 6) is 0.293. The third-order valence-electron chi connectivity index (χ3n) is 4.25. The minimum absolute atomic E-state index is 0.00849. The molecule has 0 aromatic carbocycles. The number of hydrogen-bond acceptors (Lipinski definition) is 5. The van der Waals surface area contributed by atoms with Gasteiger partial charge in [0.1, 0.15) is 15.8 Å². The van der Waals surface area contributed by atoms with Gasteiger partial charge in [0.05, 0.1) is 23.4 Å². The molecule has 0 bridgehead atoms. The number of halogens is 3. The van der Waals surface area contributed by atoms with Gasteiger partial charge in [-0.25, -0.2) is 18.2 Å². The Labute approximate surface area is 175 Å². The quantitative estimate of drug-likeness (QED) is 0.319. The summed E-state index contributed by atoms with van der Waals surface area (Å²) in [5, 5.41) is 1.44. The number of aromatic nitrogens is 2. The number of aryl methyl sites for hydroxylation is 1. The summed E-state index contributed by atoms with van der Waals surface area (Å²) in [6, 6.07) is 1.38. The zero-order chi connectivity index (χ0) is 20.3. The van der Waals surface area contributed by atoms with Crippen molar-refractivity contribution in [1.29, 1.82) is 0 Å². The molecule has 3 nitrogen and oxygen atoms in total. The number of thiazole rings is 1. The van der Waals surface area contributed by atoms with Crippen LogP contribution in [0.25, 0.3) is 10.6 Å². The smallest absolute Gasteiger partial charge is 0.252 e. The van der Waals surface area contributed by atoms with E-state index in [-0.39, 0.29) is 13.0 Å². The number of alkyl halides is 2. The summed E-state index contributed by atoms with van der Waals surface area (Å²) < 4.78 is 39.3. The highest BCUT2D eigenvalue weighted by atomic mass is 32.2. The number of pyridine rings is 1. The topological polar surface area (TPSA) is 29.0 Å². The summed E-state index contributed by atoms with van der Waals surface area (Å²) in [5.41, 5.74) is 1.33. The molecule has 0 spiro atoms. The van der Waals surface area contributed by atoms with E-state index >= 15 is 0 Å². The average Bonchev–Trinajstić information content (AvgIpc) is 3.07. The first-order valence-electron chi connectivity index (χ1n) is 8.59. The molecule has 28 heavy (non-hydrogen) atoms. The highest BCUT2D eigenvalue weighted by Crippen LogP contribution is 2.50. The summed E-state index contributed by atoms with van der Waals surface area (Å²) in [7, 11) is 0. The van der Waals surface area contributed by atoms with Gasteiger partial charge < -0.3 is 4.90 Å². The molecule has 1 fully saturated rings. The van der Waals surface area contributed by atoms with E-state index in [2.05, 4.69) is 15.9 Å². The molecule has 2 heterocycles. The Morgan fingerprint density at radius 3 is 2.89 bits per heavy atom. The first-order chi connectivity index (χ1) is 13.3. The maximum Gasteiger partial charge on any atom is 0.252 e. The third-order valence-corrected chi connectivity index (χ3v) is 7.04. The van der Waals surface area contributed by atoms with E-state index in [1.807, 2.05) is 11.8 Å². The predicted molar refractivity (Wildman–Crippen MR) is 114 cm³/mol. The molecule has 1 atom stereocenters. The highest BCUT2D eigenvalue weighted by Gasteiger charge is 2.56. The molecule has 0 N–H and O–H groups in total. The van der Waals surface area contributed by atoms with Crippen LogP contribution < -0.4 is 4.90 Å². The average molecular weight is 442 g/mol. The van der Waals surface area contributed by atoms with E-state index in [9.17, 15) is 13.2 Å². The van der Waals surface area contributed by atoms with E-state index in [1.54, 1.807) is 6.20 Å². The standard InChI is InChI=1S/C19H18F3N3S3/c1-3-5-25(16(26)4-6-27-11-14-8-19(14,21)22)18-12(2)24-17(28-18)13-7-15(20)10-23-9-13/h1,7,9-10,14H,4-6,8,11H2,2H3. The second kappa shape index (κ2) is 8.80. The van der Waals surface area contributed by atoms with Gasteiger partial charge in [-0.05, 0) is 18.7 Å². The Bertz CT molecular complexity index is 907. The van der Waals surface area contributed by atoms with Crippen LogP contribution in [0.4, 0.5) is 18.2 Å². The zero-order valence-corrected chi connectivity index (χ0v) is 17.6. The van der Waals surface area contributed by atoms with Crippen LogP contribution in [0.3, 0.4) is 0 Å². The van der Waals surface area contributed by atoms with Gasteiger partial charge >= 0.3 is 0 Å². The largest absolute Gasteiger partial charge is 0.314 e. The highest BCUT2D eigenvalue weighted by molar-refractivity contribution is 7.99. The van der Waals surface area contributed by atoms with Crippen LogP contribution in [0.2, 0.25) is 0 Å². The lowest BCUT2D eigenvalue weighted by Crippen LogP contribution is -2.30. The van der Waals surface area contributed by atoms with Gasteiger partial charge in [0.2, 0.25) is 0 Å². The molecule has 0 radical (unpaired) electrons. The molecule has 1 saturated carbocycles. The lowest BCUT2D eigenvalue weighted by Gasteiger charge is -2.21. The molecule has 1 aliphatic carbocycles. The van der Waals surface area contributed by atoms with E-state index in [4.69, 9.17) is 18.6 Å². The van der Waals surface area contributed by atoms with Crippen molar-refractivity contribution in [3.05, 3.63) is 30.0 Å². The van der Waals surface area contributed by atoms with Crippen molar-refractivity contribution in [2.24, 2.45) is 5.92 Å². The number of thioether (sulfide) groups is 1. The fourth-order valence-corrected chi connectivity index (χ4v) is 5.30. The summed E-state index contributed by atoms with van der Waals surface area (Å²) >= 11 is 8.40. The Morgan fingerprint density at radius 1 is 1.50 bits per heavy atom. The van der Waals surface area contributed by atoms with E-state index in [0.29, 0.717) is 33.5 Å². The van der Waals surface area contributed by atoms with E-state index in [0.717, 1.165) is 16.9 Å². The molecule has 1 unspecified atom stereocenters. The second-order valence-corrected chi connectivity index (χ2v) is 9.07. The summed E-state index contributed by atoms with van der Waals surface area (Å²) in [6.45, 7) is 2.13. The third kappa shape index (κ3) is 5.04. The van der Waals surface area contributed by atoms with Crippen molar-refractivity contribution in [1.82, 2.24) is 9.97 Å². The zero-order valence-electron chi connectivity index (χ0n) is 15.1. The van der Waals surface area contributed by atoms with Crippen LogP contribution in [0.15, 0.2) is 18.5 Å². The monoisotopic (exact) mass is 441 g/mol. The number of hydrogen-bond donors (Lipinski definition) is 0. The van der Waals surface area contributed by atoms with Crippen molar-refractivity contribution in [3.63, 3.8) is 0 Å². The maximum absolute atomic E-state index is 13.5. The van der Waals surface area contributed by atoms with Gasteiger partial charge in [0, 0.05) is 36.3 Å². The van der Waals surface area contributed by atoms with Gasteiger partial charge in [-0.3, -0.25) is 4.98 Å². The molecule has 9 heteroatoms. The van der Waals surface area contributed by atoms with Crippen molar-refractivity contribution in [2.75, 3.05) is 23.0 Å². The van der Waals surface area contributed by atoms with Gasteiger partial charge in [-0.15, -0.1) is 6.42 Å². The fraction of sp³-hybridized carbons (Fsp3) is 0.421. The molecule has 0 aliphatic heterocycles. The van der Waals surface area contributed by atoms with Crippen LogP contribution >= 0.6 is 35.3 Å². The lowest BCUT2D eigenvalue weighted by molar-refractivity contribution is 0.103. The van der Waals surface area contributed by atoms with Crippen LogP contribution in [-0.2, 0) is 0 Å². The Morgan fingerprint density at radius 2 is 2.25 bits per heavy atom. The van der Waals surface area contributed by atoms with Crippen LogP contribution in [0, 0.1) is 31.0 Å². The van der Waals surface area contributed by atoms with Crippen LogP contribution in [0.5, 0.6) is 0 Å². The lowest BCUT2D eigenvalue weighted by atomic mass is 10.3.